The molecule has 1 aliphatic carbocycles. The number of hydrogen-bond donors (Lipinski definition) is 2. The Hall–Kier alpha value is -1.03. The van der Waals surface area contributed by atoms with E-state index >= 15 is 0 Å². The SMILES string of the molecule is C/C1=C/[C@H]2OC(=O)[C@@H](CN3CCOCC3)[C@@H]2[C@H](O)C[C@@](C)(O)/C=C/[C@H]1O[Si](C)(C)C(C)(C)C. The molecule has 2 fully saturated rings. The lowest BCUT2D eigenvalue weighted by Gasteiger charge is -2.39. The van der Waals surface area contributed by atoms with E-state index in [0.717, 1.165) is 18.7 Å². The molecule has 0 unspecified atom stereocenters. The molecule has 2 N–H and O–H groups in total. The predicted molar refractivity (Wildman–Crippen MR) is 130 cm³/mol. The number of rotatable bonds is 4. The van der Waals surface area contributed by atoms with Gasteiger partial charge in [-0.3, -0.25) is 9.69 Å². The number of carbonyl (C=O) groups excluding carboxylic acids is 1. The molecule has 3 aliphatic rings. The molecule has 188 valence electrons. The molecule has 33 heavy (non-hydrogen) atoms. The van der Waals surface area contributed by atoms with E-state index in [1.54, 1.807) is 13.0 Å². The van der Waals surface area contributed by atoms with E-state index in [4.69, 9.17) is 13.9 Å². The van der Waals surface area contributed by atoms with E-state index in [9.17, 15) is 15.0 Å². The van der Waals surface area contributed by atoms with Crippen molar-refractivity contribution in [2.24, 2.45) is 11.8 Å². The lowest BCUT2D eigenvalue weighted by Crippen LogP contribution is -2.46. The summed E-state index contributed by atoms with van der Waals surface area (Å²) in [7, 11) is -2.10. The topological polar surface area (TPSA) is 88.5 Å². The molecule has 2 heterocycles. The van der Waals surface area contributed by atoms with Crippen LogP contribution in [0.1, 0.15) is 41.0 Å². The van der Waals surface area contributed by atoms with E-state index in [2.05, 4.69) is 38.8 Å². The third kappa shape index (κ3) is 6.35. The maximum absolute atomic E-state index is 12.9. The molecule has 6 atom stereocenters. The van der Waals surface area contributed by atoms with Crippen molar-refractivity contribution in [3.63, 3.8) is 0 Å². The molecule has 7 nitrogen and oxygen atoms in total. The molecular weight excluding hydrogens is 438 g/mol. The molecule has 0 bridgehead atoms. The Morgan fingerprint density at radius 1 is 1.27 bits per heavy atom. The second-order valence-electron chi connectivity index (χ2n) is 11.7. The van der Waals surface area contributed by atoms with E-state index < -0.39 is 38.0 Å². The average Bonchev–Trinajstić information content (AvgIpc) is 2.99. The van der Waals surface area contributed by atoms with E-state index in [-0.39, 0.29) is 23.5 Å². The highest BCUT2D eigenvalue weighted by Gasteiger charge is 2.49. The molecule has 0 saturated carbocycles. The van der Waals surface area contributed by atoms with Crippen LogP contribution in [0, 0.1) is 11.8 Å². The zero-order valence-corrected chi connectivity index (χ0v) is 22.3. The van der Waals surface area contributed by atoms with Gasteiger partial charge in [-0.25, -0.2) is 0 Å². The van der Waals surface area contributed by atoms with Crippen LogP contribution in [-0.4, -0.2) is 86.2 Å². The van der Waals surface area contributed by atoms with Crippen molar-refractivity contribution in [3.8, 4) is 0 Å². The van der Waals surface area contributed by atoms with Crippen LogP contribution in [0.5, 0.6) is 0 Å². The number of carbonyl (C=O) groups is 1. The average molecular weight is 482 g/mol. The maximum atomic E-state index is 12.9. The summed E-state index contributed by atoms with van der Waals surface area (Å²) in [6.07, 6.45) is 3.95. The summed E-state index contributed by atoms with van der Waals surface area (Å²) in [5.74, 6) is -1.17. The molecule has 3 rings (SSSR count). The van der Waals surface area contributed by atoms with Crippen LogP contribution < -0.4 is 0 Å². The first-order valence-corrected chi connectivity index (χ1v) is 15.1. The summed E-state index contributed by atoms with van der Waals surface area (Å²) in [6.45, 7) is 18.0. The van der Waals surface area contributed by atoms with E-state index in [1.165, 1.54) is 0 Å². The van der Waals surface area contributed by atoms with Crippen molar-refractivity contribution in [2.75, 3.05) is 32.8 Å². The minimum absolute atomic E-state index is 0.0285. The Labute approximate surface area is 199 Å². The van der Waals surface area contributed by atoms with E-state index in [0.29, 0.717) is 19.8 Å². The van der Waals surface area contributed by atoms with Gasteiger partial charge in [-0.05, 0) is 43.6 Å². The van der Waals surface area contributed by atoms with Gasteiger partial charge in [0.05, 0.1) is 36.9 Å². The number of aliphatic hydroxyl groups excluding tert-OH is 1. The summed E-state index contributed by atoms with van der Waals surface area (Å²) in [5, 5.41) is 22.3. The Kier molecular flexibility index (Phi) is 7.98. The van der Waals surface area contributed by atoms with Crippen LogP contribution in [0.25, 0.3) is 0 Å². The summed E-state index contributed by atoms with van der Waals surface area (Å²) < 4.78 is 17.9. The molecule has 2 saturated heterocycles. The minimum Gasteiger partial charge on any atom is -0.457 e. The first-order valence-electron chi connectivity index (χ1n) is 12.2. The van der Waals surface area contributed by atoms with Gasteiger partial charge in [0.1, 0.15) is 6.10 Å². The van der Waals surface area contributed by atoms with Crippen molar-refractivity contribution in [1.29, 1.82) is 0 Å². The zero-order chi connectivity index (χ0) is 24.6. The Balaban J connectivity index is 1.92. The van der Waals surface area contributed by atoms with Crippen LogP contribution in [0.3, 0.4) is 0 Å². The third-order valence-corrected chi connectivity index (χ3v) is 12.2. The highest BCUT2D eigenvalue weighted by molar-refractivity contribution is 6.74. The molecule has 0 aromatic heterocycles. The fourth-order valence-corrected chi connectivity index (χ4v) is 5.88. The quantitative estimate of drug-likeness (QED) is 0.363. The number of nitrogens with zero attached hydrogens (tertiary/aromatic N) is 1. The Morgan fingerprint density at radius 3 is 2.52 bits per heavy atom. The smallest absolute Gasteiger partial charge is 0.311 e. The highest BCUT2D eigenvalue weighted by Crippen LogP contribution is 2.40. The van der Waals surface area contributed by atoms with Crippen LogP contribution in [0.15, 0.2) is 23.8 Å². The van der Waals surface area contributed by atoms with Crippen LogP contribution in [0.4, 0.5) is 0 Å². The van der Waals surface area contributed by atoms with Gasteiger partial charge in [-0.1, -0.05) is 32.9 Å². The number of hydrogen-bond acceptors (Lipinski definition) is 7. The molecule has 0 aromatic carbocycles. The Bertz CT molecular complexity index is 765. The number of ether oxygens (including phenoxy) is 2. The molecule has 0 aromatic rings. The van der Waals surface area contributed by atoms with E-state index in [1.807, 2.05) is 19.1 Å². The number of aliphatic hydroxyl groups is 2. The third-order valence-electron chi connectivity index (χ3n) is 7.76. The van der Waals surface area contributed by atoms with Crippen LogP contribution in [-0.2, 0) is 18.7 Å². The first-order chi connectivity index (χ1) is 15.2. The second kappa shape index (κ2) is 9.91. The lowest BCUT2D eigenvalue weighted by atomic mass is 9.79. The van der Waals surface area contributed by atoms with Crippen molar-refractivity contribution < 1.29 is 28.9 Å². The van der Waals surface area contributed by atoms with Gasteiger partial charge in [-0.2, -0.15) is 0 Å². The molecule has 0 amide bonds. The predicted octanol–water partition coefficient (Wildman–Crippen LogP) is 2.88. The molecule has 0 radical (unpaired) electrons. The normalized spacial score (nSPS) is 39.4. The van der Waals surface area contributed by atoms with Crippen LogP contribution in [0.2, 0.25) is 18.1 Å². The van der Waals surface area contributed by atoms with Gasteiger partial charge in [-0.15, -0.1) is 0 Å². The Morgan fingerprint density at radius 2 is 1.91 bits per heavy atom. The van der Waals surface area contributed by atoms with Gasteiger partial charge in [0.2, 0.25) is 0 Å². The van der Waals surface area contributed by atoms with Crippen molar-refractivity contribution >= 4 is 14.3 Å². The minimum atomic E-state index is -2.10. The molecular formula is C25H43NO6Si. The van der Waals surface area contributed by atoms with Crippen LogP contribution >= 0.6 is 0 Å². The highest BCUT2D eigenvalue weighted by atomic mass is 28.4. The lowest BCUT2D eigenvalue weighted by molar-refractivity contribution is -0.143. The largest absolute Gasteiger partial charge is 0.457 e. The fourth-order valence-electron chi connectivity index (χ4n) is 4.63. The summed E-state index contributed by atoms with van der Waals surface area (Å²) in [6, 6.07) is 0. The summed E-state index contributed by atoms with van der Waals surface area (Å²) >= 11 is 0. The van der Waals surface area contributed by atoms with Gasteiger partial charge in [0, 0.05) is 32.0 Å². The standard InChI is InChI=1S/C25H43NO6Si/c1-17-14-21-22(18(23(28)31-21)16-26-10-12-30-13-11-26)19(27)15-25(5,29)9-8-20(17)32-33(6,7)24(2,3)4/h8-9,14,18-22,27,29H,10-13,15-16H2,1-7H3/b9-8+,17-14-/t18-,19+,20+,21+,22+,25-/m0/s1. The molecule has 8 heteroatoms. The first kappa shape index (κ1) is 26.6. The van der Waals surface area contributed by atoms with Gasteiger partial charge < -0.3 is 24.1 Å². The second-order valence-corrected chi connectivity index (χ2v) is 16.5. The van der Waals surface area contributed by atoms with Crippen molar-refractivity contribution in [3.05, 3.63) is 23.8 Å². The summed E-state index contributed by atoms with van der Waals surface area (Å²) in [5.41, 5.74) is -0.304. The molecule has 0 spiro atoms. The fraction of sp³-hybridized carbons (Fsp3) is 0.800. The monoisotopic (exact) mass is 481 g/mol. The number of morpholine rings is 1. The maximum Gasteiger partial charge on any atom is 0.311 e. The van der Waals surface area contributed by atoms with Crippen molar-refractivity contribution in [2.45, 2.75) is 83.1 Å². The van der Waals surface area contributed by atoms with Gasteiger partial charge in [0.25, 0.3) is 0 Å². The molecule has 2 aliphatic heterocycles. The zero-order valence-electron chi connectivity index (χ0n) is 21.3. The number of fused-ring (bicyclic) bond motifs is 1. The van der Waals surface area contributed by atoms with Gasteiger partial charge in [0.15, 0.2) is 8.32 Å². The van der Waals surface area contributed by atoms with Crippen molar-refractivity contribution in [1.82, 2.24) is 4.90 Å². The van der Waals surface area contributed by atoms with Gasteiger partial charge >= 0.3 is 5.97 Å². The summed E-state index contributed by atoms with van der Waals surface area (Å²) in [4.78, 5) is 15.1. The number of esters is 1.